The maximum absolute atomic E-state index is 13.6. The molecule has 1 saturated carbocycles. The summed E-state index contributed by atoms with van der Waals surface area (Å²) in [5.41, 5.74) is 6.89. The first-order valence-electron chi connectivity index (χ1n) is 5.98. The number of nitrogens with two attached hydrogens (primary N) is 1. The number of nitrogens with zero attached hydrogens (tertiary/aromatic N) is 1. The van der Waals surface area contributed by atoms with E-state index in [0.717, 1.165) is 12.8 Å². The molecule has 1 heterocycles. The molecule has 1 aliphatic rings. The molecule has 2 N–H and O–H groups in total. The van der Waals surface area contributed by atoms with Crippen LogP contribution in [0, 0.1) is 11.2 Å². The standard InChI is InChI=1S/C13H19FN2/c1-13(6-3-2-4-7-13)12(15)10-5-8-16-9-11(10)14/h5,8-9,12H,2-4,6-7,15H2,1H3. The van der Waals surface area contributed by atoms with E-state index in [-0.39, 0.29) is 17.3 Å². The van der Waals surface area contributed by atoms with Crippen LogP contribution in [0.5, 0.6) is 0 Å². The lowest BCUT2D eigenvalue weighted by molar-refractivity contribution is 0.167. The Morgan fingerprint density at radius 2 is 2.06 bits per heavy atom. The van der Waals surface area contributed by atoms with Crippen molar-refractivity contribution >= 4 is 0 Å². The van der Waals surface area contributed by atoms with Crippen LogP contribution in [0.4, 0.5) is 4.39 Å². The normalized spacial score (nSPS) is 21.7. The Morgan fingerprint density at radius 1 is 1.38 bits per heavy atom. The van der Waals surface area contributed by atoms with Gasteiger partial charge in [0.05, 0.1) is 6.20 Å². The SMILES string of the molecule is CC1(C(N)c2ccncc2F)CCCCC1. The summed E-state index contributed by atoms with van der Waals surface area (Å²) in [6, 6.07) is 1.50. The van der Waals surface area contributed by atoms with Gasteiger partial charge in [0.1, 0.15) is 5.82 Å². The molecule has 0 amide bonds. The summed E-state index contributed by atoms with van der Waals surface area (Å²) < 4.78 is 13.6. The van der Waals surface area contributed by atoms with E-state index in [1.165, 1.54) is 25.5 Å². The molecule has 1 unspecified atom stereocenters. The molecule has 2 rings (SSSR count). The highest BCUT2D eigenvalue weighted by molar-refractivity contribution is 5.19. The second-order valence-corrected chi connectivity index (χ2v) is 5.09. The number of hydrogen-bond donors (Lipinski definition) is 1. The molecular weight excluding hydrogens is 203 g/mol. The van der Waals surface area contributed by atoms with Crippen molar-refractivity contribution in [3.8, 4) is 0 Å². The summed E-state index contributed by atoms with van der Waals surface area (Å²) in [5, 5.41) is 0. The Labute approximate surface area is 96.1 Å². The molecule has 1 fully saturated rings. The zero-order chi connectivity index (χ0) is 11.6. The molecule has 1 aromatic heterocycles. The molecule has 0 aromatic carbocycles. The topological polar surface area (TPSA) is 38.9 Å². The van der Waals surface area contributed by atoms with Crippen LogP contribution in [0.2, 0.25) is 0 Å². The largest absolute Gasteiger partial charge is 0.323 e. The average molecular weight is 222 g/mol. The van der Waals surface area contributed by atoms with Crippen LogP contribution in [0.3, 0.4) is 0 Å². The van der Waals surface area contributed by atoms with Crippen molar-refractivity contribution in [3.05, 3.63) is 29.8 Å². The highest BCUT2D eigenvalue weighted by Crippen LogP contribution is 2.44. The molecule has 88 valence electrons. The van der Waals surface area contributed by atoms with E-state index in [1.54, 1.807) is 12.3 Å². The van der Waals surface area contributed by atoms with E-state index in [9.17, 15) is 4.39 Å². The third kappa shape index (κ3) is 2.09. The monoisotopic (exact) mass is 222 g/mol. The minimum Gasteiger partial charge on any atom is -0.323 e. The molecule has 3 heteroatoms. The molecular formula is C13H19FN2. The van der Waals surface area contributed by atoms with Crippen LogP contribution in [0.1, 0.15) is 50.6 Å². The third-order valence-electron chi connectivity index (χ3n) is 3.89. The molecule has 1 aliphatic carbocycles. The maximum Gasteiger partial charge on any atom is 0.146 e. The van der Waals surface area contributed by atoms with Crippen molar-refractivity contribution in [1.82, 2.24) is 4.98 Å². The summed E-state index contributed by atoms with van der Waals surface area (Å²) in [6.07, 6.45) is 8.74. The number of hydrogen-bond acceptors (Lipinski definition) is 2. The summed E-state index contributed by atoms with van der Waals surface area (Å²) in [4.78, 5) is 3.76. The maximum atomic E-state index is 13.6. The molecule has 0 saturated heterocycles. The van der Waals surface area contributed by atoms with Crippen LogP contribution in [-0.2, 0) is 0 Å². The van der Waals surface area contributed by atoms with E-state index < -0.39 is 0 Å². The molecule has 0 spiro atoms. The van der Waals surface area contributed by atoms with Crippen molar-refractivity contribution in [2.75, 3.05) is 0 Å². The fraction of sp³-hybridized carbons (Fsp3) is 0.615. The van der Waals surface area contributed by atoms with Gasteiger partial charge in [-0.15, -0.1) is 0 Å². The summed E-state index contributed by atoms with van der Waals surface area (Å²) in [6.45, 7) is 2.18. The van der Waals surface area contributed by atoms with Crippen LogP contribution in [0.25, 0.3) is 0 Å². The Kier molecular flexibility index (Phi) is 3.24. The van der Waals surface area contributed by atoms with E-state index in [0.29, 0.717) is 5.56 Å². The van der Waals surface area contributed by atoms with Crippen LogP contribution in [-0.4, -0.2) is 4.98 Å². The smallest absolute Gasteiger partial charge is 0.146 e. The van der Waals surface area contributed by atoms with E-state index >= 15 is 0 Å². The fourth-order valence-electron chi connectivity index (χ4n) is 2.68. The summed E-state index contributed by atoms with van der Waals surface area (Å²) in [5.74, 6) is -0.276. The number of halogens is 1. The van der Waals surface area contributed by atoms with Gasteiger partial charge in [-0.25, -0.2) is 4.39 Å². The predicted octanol–water partition coefficient (Wildman–Crippen LogP) is 3.19. The average Bonchev–Trinajstić information content (AvgIpc) is 2.30. The first kappa shape index (κ1) is 11.5. The summed E-state index contributed by atoms with van der Waals surface area (Å²) >= 11 is 0. The highest BCUT2D eigenvalue weighted by Gasteiger charge is 2.35. The lowest BCUT2D eigenvalue weighted by Gasteiger charge is -2.39. The second kappa shape index (κ2) is 4.50. The van der Waals surface area contributed by atoms with Gasteiger partial charge in [-0.1, -0.05) is 26.2 Å². The molecule has 0 aliphatic heterocycles. The lowest BCUT2D eigenvalue weighted by Crippen LogP contribution is -2.34. The zero-order valence-corrected chi connectivity index (χ0v) is 9.75. The van der Waals surface area contributed by atoms with E-state index in [2.05, 4.69) is 11.9 Å². The van der Waals surface area contributed by atoms with Gasteiger partial charge < -0.3 is 5.73 Å². The lowest BCUT2D eigenvalue weighted by atomic mass is 9.69. The Hall–Kier alpha value is -0.960. The van der Waals surface area contributed by atoms with Gasteiger partial charge in [-0.05, 0) is 24.3 Å². The fourth-order valence-corrected chi connectivity index (χ4v) is 2.68. The van der Waals surface area contributed by atoms with Crippen molar-refractivity contribution in [2.24, 2.45) is 11.1 Å². The first-order valence-corrected chi connectivity index (χ1v) is 5.98. The molecule has 1 aromatic rings. The quantitative estimate of drug-likeness (QED) is 0.834. The van der Waals surface area contributed by atoms with Crippen molar-refractivity contribution in [2.45, 2.75) is 45.1 Å². The van der Waals surface area contributed by atoms with Gasteiger partial charge in [-0.3, -0.25) is 4.98 Å². The van der Waals surface area contributed by atoms with Gasteiger partial charge in [-0.2, -0.15) is 0 Å². The molecule has 2 nitrogen and oxygen atoms in total. The number of pyridine rings is 1. The van der Waals surface area contributed by atoms with Gasteiger partial charge in [0.2, 0.25) is 0 Å². The van der Waals surface area contributed by atoms with Gasteiger partial charge in [0.25, 0.3) is 0 Å². The molecule has 1 atom stereocenters. The van der Waals surface area contributed by atoms with Crippen molar-refractivity contribution < 1.29 is 4.39 Å². The Balaban J connectivity index is 2.24. The second-order valence-electron chi connectivity index (χ2n) is 5.09. The predicted molar refractivity (Wildman–Crippen MR) is 62.3 cm³/mol. The molecule has 0 radical (unpaired) electrons. The van der Waals surface area contributed by atoms with E-state index in [1.807, 2.05) is 0 Å². The molecule has 16 heavy (non-hydrogen) atoms. The highest BCUT2D eigenvalue weighted by atomic mass is 19.1. The number of rotatable bonds is 2. The van der Waals surface area contributed by atoms with Crippen LogP contribution < -0.4 is 5.73 Å². The minimum atomic E-state index is -0.276. The van der Waals surface area contributed by atoms with Crippen LogP contribution >= 0.6 is 0 Å². The number of aromatic nitrogens is 1. The Bertz CT molecular complexity index is 359. The van der Waals surface area contributed by atoms with Crippen molar-refractivity contribution in [1.29, 1.82) is 0 Å². The molecule has 0 bridgehead atoms. The van der Waals surface area contributed by atoms with Crippen LogP contribution in [0.15, 0.2) is 18.5 Å². The summed E-state index contributed by atoms with van der Waals surface area (Å²) in [7, 11) is 0. The first-order chi connectivity index (χ1) is 7.63. The van der Waals surface area contributed by atoms with Gasteiger partial charge in [0, 0.05) is 17.8 Å². The third-order valence-corrected chi connectivity index (χ3v) is 3.89. The Morgan fingerprint density at radius 3 is 2.69 bits per heavy atom. The van der Waals surface area contributed by atoms with Crippen molar-refractivity contribution in [3.63, 3.8) is 0 Å². The van der Waals surface area contributed by atoms with Gasteiger partial charge in [0.15, 0.2) is 0 Å². The zero-order valence-electron chi connectivity index (χ0n) is 9.75. The van der Waals surface area contributed by atoms with Gasteiger partial charge >= 0.3 is 0 Å². The minimum absolute atomic E-state index is 0.0421. The van der Waals surface area contributed by atoms with E-state index in [4.69, 9.17) is 5.73 Å².